The molecular weight excluding hydrogens is 408 g/mol. The fourth-order valence-electron chi connectivity index (χ4n) is 4.18. The smallest absolute Gasteiger partial charge is 0.282 e. The number of imide groups is 1. The Hall–Kier alpha value is -3.66. The number of hydrogen-bond donors (Lipinski definition) is 1. The normalized spacial score (nSPS) is 14.0. The minimum atomic E-state index is -0.342. The number of aryl methyl sites for hydroxylation is 4. The SMILES string of the molecule is Cc1ccc(C2=C(Nc3ccc(C(C)C)cc3)C(=O)N(c3ccc(C)c(C)c3)C2=O)c(C)c1. The maximum Gasteiger partial charge on any atom is 0.282 e. The summed E-state index contributed by atoms with van der Waals surface area (Å²) in [6, 6.07) is 19.6. The molecule has 3 aromatic carbocycles. The van der Waals surface area contributed by atoms with E-state index in [-0.39, 0.29) is 11.8 Å². The van der Waals surface area contributed by atoms with Crippen molar-refractivity contribution in [2.45, 2.75) is 47.5 Å². The second-order valence-corrected chi connectivity index (χ2v) is 9.18. The molecular formula is C29H30N2O2. The molecule has 0 aliphatic carbocycles. The van der Waals surface area contributed by atoms with Crippen LogP contribution in [-0.2, 0) is 9.59 Å². The Morgan fingerprint density at radius 2 is 1.42 bits per heavy atom. The highest BCUT2D eigenvalue weighted by Crippen LogP contribution is 2.36. The van der Waals surface area contributed by atoms with E-state index in [1.54, 1.807) is 0 Å². The fraction of sp³-hybridized carbons (Fsp3) is 0.241. The van der Waals surface area contributed by atoms with Crippen LogP contribution < -0.4 is 10.2 Å². The maximum absolute atomic E-state index is 13.7. The van der Waals surface area contributed by atoms with Crippen LogP contribution in [0.15, 0.2) is 66.4 Å². The van der Waals surface area contributed by atoms with Crippen molar-refractivity contribution in [1.82, 2.24) is 0 Å². The van der Waals surface area contributed by atoms with Gasteiger partial charge in [-0.1, -0.05) is 55.8 Å². The lowest BCUT2D eigenvalue weighted by Gasteiger charge is -2.17. The third-order valence-corrected chi connectivity index (χ3v) is 6.33. The third-order valence-electron chi connectivity index (χ3n) is 6.33. The summed E-state index contributed by atoms with van der Waals surface area (Å²) in [5, 5.41) is 3.27. The zero-order valence-electron chi connectivity index (χ0n) is 20.1. The standard InChI is InChI=1S/C29H30N2O2/c1-17(2)22-9-11-23(12-10-22)30-27-26(25-14-7-18(3)15-21(25)6)28(32)31(29(27)33)24-13-8-19(4)20(5)16-24/h7-17,30H,1-6H3. The predicted octanol–water partition coefficient (Wildman–Crippen LogP) is 6.44. The summed E-state index contributed by atoms with van der Waals surface area (Å²) < 4.78 is 0. The zero-order chi connectivity index (χ0) is 23.9. The van der Waals surface area contributed by atoms with Crippen molar-refractivity contribution in [3.63, 3.8) is 0 Å². The van der Waals surface area contributed by atoms with Gasteiger partial charge in [-0.2, -0.15) is 0 Å². The van der Waals surface area contributed by atoms with Gasteiger partial charge in [0.25, 0.3) is 11.8 Å². The molecule has 4 nitrogen and oxygen atoms in total. The summed E-state index contributed by atoms with van der Waals surface area (Å²) in [4.78, 5) is 28.6. The van der Waals surface area contributed by atoms with Gasteiger partial charge in [0.2, 0.25) is 0 Å². The van der Waals surface area contributed by atoms with Crippen LogP contribution in [0.1, 0.15) is 53.1 Å². The largest absolute Gasteiger partial charge is 0.350 e. The topological polar surface area (TPSA) is 49.4 Å². The number of hydrogen-bond acceptors (Lipinski definition) is 3. The molecule has 4 heteroatoms. The molecule has 0 spiro atoms. The quantitative estimate of drug-likeness (QED) is 0.466. The lowest BCUT2D eigenvalue weighted by molar-refractivity contribution is -0.120. The van der Waals surface area contributed by atoms with E-state index in [9.17, 15) is 9.59 Å². The van der Waals surface area contributed by atoms with Gasteiger partial charge in [0, 0.05) is 5.69 Å². The Morgan fingerprint density at radius 1 is 0.727 bits per heavy atom. The summed E-state index contributed by atoms with van der Waals surface area (Å²) in [6.45, 7) is 12.3. The van der Waals surface area contributed by atoms with Crippen molar-refractivity contribution < 1.29 is 9.59 Å². The minimum Gasteiger partial charge on any atom is -0.350 e. The molecule has 0 saturated carbocycles. The fourth-order valence-corrected chi connectivity index (χ4v) is 4.18. The first kappa shape index (κ1) is 22.5. The Bertz CT molecular complexity index is 1280. The van der Waals surface area contributed by atoms with E-state index in [1.165, 1.54) is 10.5 Å². The second-order valence-electron chi connectivity index (χ2n) is 9.18. The van der Waals surface area contributed by atoms with Crippen LogP contribution in [0, 0.1) is 27.7 Å². The number of carbonyl (C=O) groups excluding carboxylic acids is 2. The highest BCUT2D eigenvalue weighted by atomic mass is 16.2. The molecule has 3 aromatic rings. The Morgan fingerprint density at radius 3 is 2.03 bits per heavy atom. The lowest BCUT2D eigenvalue weighted by Crippen LogP contribution is -2.32. The Kier molecular flexibility index (Phi) is 5.94. The summed E-state index contributed by atoms with van der Waals surface area (Å²) in [6.07, 6.45) is 0. The molecule has 2 amide bonds. The average molecular weight is 439 g/mol. The summed E-state index contributed by atoms with van der Waals surface area (Å²) in [7, 11) is 0. The second kappa shape index (κ2) is 8.70. The number of nitrogens with zero attached hydrogens (tertiary/aromatic N) is 1. The molecule has 1 heterocycles. The summed E-state index contributed by atoms with van der Waals surface area (Å²) in [5.74, 6) is -0.235. The molecule has 168 valence electrons. The van der Waals surface area contributed by atoms with Crippen molar-refractivity contribution in [3.8, 4) is 0 Å². The van der Waals surface area contributed by atoms with Gasteiger partial charge >= 0.3 is 0 Å². The first-order valence-electron chi connectivity index (χ1n) is 11.3. The molecule has 0 radical (unpaired) electrons. The van der Waals surface area contributed by atoms with Crippen molar-refractivity contribution >= 4 is 28.8 Å². The van der Waals surface area contributed by atoms with Crippen LogP contribution in [0.5, 0.6) is 0 Å². The number of amides is 2. The van der Waals surface area contributed by atoms with Crippen LogP contribution in [0.3, 0.4) is 0 Å². The molecule has 0 atom stereocenters. The van der Waals surface area contributed by atoms with Crippen molar-refractivity contribution in [2.75, 3.05) is 10.2 Å². The monoisotopic (exact) mass is 438 g/mol. The van der Waals surface area contributed by atoms with Crippen LogP contribution in [-0.4, -0.2) is 11.8 Å². The van der Waals surface area contributed by atoms with E-state index in [4.69, 9.17) is 0 Å². The number of rotatable bonds is 5. The van der Waals surface area contributed by atoms with Crippen molar-refractivity contribution in [3.05, 3.63) is 99.7 Å². The molecule has 0 fully saturated rings. The highest BCUT2D eigenvalue weighted by molar-refractivity contribution is 6.46. The van der Waals surface area contributed by atoms with Gasteiger partial charge < -0.3 is 5.32 Å². The van der Waals surface area contributed by atoms with Gasteiger partial charge in [0.05, 0.1) is 11.3 Å². The molecule has 0 bridgehead atoms. The van der Waals surface area contributed by atoms with Crippen LogP contribution in [0.2, 0.25) is 0 Å². The van der Waals surface area contributed by atoms with E-state index in [0.29, 0.717) is 22.9 Å². The molecule has 0 aromatic heterocycles. The first-order valence-corrected chi connectivity index (χ1v) is 11.3. The number of nitrogens with one attached hydrogen (secondary N) is 1. The molecule has 1 aliphatic rings. The first-order chi connectivity index (χ1) is 15.7. The number of benzene rings is 3. The zero-order valence-corrected chi connectivity index (χ0v) is 20.1. The van der Waals surface area contributed by atoms with Crippen molar-refractivity contribution in [2.24, 2.45) is 0 Å². The van der Waals surface area contributed by atoms with E-state index in [2.05, 4.69) is 19.2 Å². The molecule has 1 aliphatic heterocycles. The van der Waals surface area contributed by atoms with Gasteiger partial charge in [0.1, 0.15) is 5.70 Å². The maximum atomic E-state index is 13.7. The predicted molar refractivity (Wildman–Crippen MR) is 135 cm³/mol. The number of anilines is 2. The molecule has 4 rings (SSSR count). The Labute approximate surface area is 195 Å². The lowest BCUT2D eigenvalue weighted by atomic mass is 9.97. The third kappa shape index (κ3) is 4.21. The van der Waals surface area contributed by atoms with E-state index >= 15 is 0 Å². The molecule has 0 unspecified atom stereocenters. The van der Waals surface area contributed by atoms with Gasteiger partial charge in [0.15, 0.2) is 0 Å². The average Bonchev–Trinajstić information content (AvgIpc) is 3.00. The number of carbonyl (C=O) groups is 2. The molecule has 33 heavy (non-hydrogen) atoms. The van der Waals surface area contributed by atoms with Gasteiger partial charge in [-0.15, -0.1) is 0 Å². The van der Waals surface area contributed by atoms with E-state index in [1.807, 2.05) is 88.4 Å². The highest BCUT2D eigenvalue weighted by Gasteiger charge is 2.40. The minimum absolute atomic E-state index is 0.308. The van der Waals surface area contributed by atoms with Gasteiger partial charge in [-0.3, -0.25) is 9.59 Å². The Balaban J connectivity index is 1.82. The van der Waals surface area contributed by atoms with Crippen LogP contribution in [0.25, 0.3) is 5.57 Å². The van der Waals surface area contributed by atoms with E-state index < -0.39 is 0 Å². The van der Waals surface area contributed by atoms with Crippen LogP contribution in [0.4, 0.5) is 11.4 Å². The molecule has 1 N–H and O–H groups in total. The summed E-state index contributed by atoms with van der Waals surface area (Å²) >= 11 is 0. The molecule has 0 saturated heterocycles. The van der Waals surface area contributed by atoms with Crippen molar-refractivity contribution in [1.29, 1.82) is 0 Å². The van der Waals surface area contributed by atoms with E-state index in [0.717, 1.165) is 33.5 Å². The summed E-state index contributed by atoms with van der Waals surface area (Å²) in [5.41, 5.74) is 8.28. The van der Waals surface area contributed by atoms with Crippen LogP contribution >= 0.6 is 0 Å². The van der Waals surface area contributed by atoms with Gasteiger partial charge in [-0.25, -0.2) is 4.90 Å². The van der Waals surface area contributed by atoms with Gasteiger partial charge in [-0.05, 0) is 85.7 Å².